The number of amides is 1. The lowest BCUT2D eigenvalue weighted by atomic mass is 10.1. The molecule has 0 fully saturated rings. The topological polar surface area (TPSA) is 108 Å². The lowest BCUT2D eigenvalue weighted by Crippen LogP contribution is -2.45. The Morgan fingerprint density at radius 3 is 2.05 bits per heavy atom. The van der Waals surface area contributed by atoms with Gasteiger partial charge in [-0.15, -0.1) is 0 Å². The largest absolute Gasteiger partial charge is 0.756 e. The fourth-order valence-electron chi connectivity index (χ4n) is 2.99. The molecule has 2 N–H and O–H groups in total. The molecule has 0 bridgehead atoms. The van der Waals surface area contributed by atoms with E-state index in [4.69, 9.17) is 9.05 Å². The first-order valence-corrected chi connectivity index (χ1v) is 15.1. The van der Waals surface area contributed by atoms with Crippen molar-refractivity contribution in [3.63, 3.8) is 0 Å². The molecule has 0 aromatic rings. The van der Waals surface area contributed by atoms with E-state index in [-0.39, 0.29) is 18.9 Å². The molecule has 0 spiro atoms. The van der Waals surface area contributed by atoms with Gasteiger partial charge in [-0.05, 0) is 38.5 Å². The number of carbonyl (C=O) groups excluding carboxylic acids is 1. The van der Waals surface area contributed by atoms with Crippen molar-refractivity contribution >= 4 is 13.7 Å². The molecule has 0 aliphatic rings. The molecule has 0 aromatic heterocycles. The second-order valence-corrected chi connectivity index (χ2v) is 11.4. The van der Waals surface area contributed by atoms with E-state index in [0.717, 1.165) is 38.5 Å². The van der Waals surface area contributed by atoms with Crippen LogP contribution < -0.4 is 10.2 Å². The first-order valence-electron chi connectivity index (χ1n) is 13.7. The number of nitrogens with one attached hydrogen (secondary N) is 1. The molecule has 3 unspecified atom stereocenters. The van der Waals surface area contributed by atoms with Gasteiger partial charge in [0.05, 0.1) is 39.9 Å². The summed E-state index contributed by atoms with van der Waals surface area (Å²) in [5.74, 6) is -0.296. The number of phosphoric ester groups is 1. The Morgan fingerprint density at radius 2 is 1.50 bits per heavy atom. The average molecular weight is 555 g/mol. The smallest absolute Gasteiger partial charge is 0.268 e. The Hall–Kier alpha value is -1.80. The van der Waals surface area contributed by atoms with E-state index in [9.17, 15) is 19.4 Å². The van der Waals surface area contributed by atoms with Crippen molar-refractivity contribution in [3.05, 3.63) is 60.8 Å². The third-order valence-corrected chi connectivity index (χ3v) is 6.19. The average Bonchev–Trinajstić information content (AvgIpc) is 2.83. The first kappa shape index (κ1) is 36.2. The quantitative estimate of drug-likeness (QED) is 0.111. The van der Waals surface area contributed by atoms with Crippen LogP contribution in [0.5, 0.6) is 0 Å². The fraction of sp³-hybridized carbons (Fsp3) is 0.621. The molecule has 0 saturated heterocycles. The maximum Gasteiger partial charge on any atom is 0.268 e. The van der Waals surface area contributed by atoms with Crippen molar-refractivity contribution in [2.45, 2.75) is 77.4 Å². The number of aliphatic hydroxyl groups is 1. The first-order chi connectivity index (χ1) is 18.0. The van der Waals surface area contributed by atoms with Crippen LogP contribution in [0.1, 0.15) is 65.2 Å². The van der Waals surface area contributed by atoms with Gasteiger partial charge in [0.15, 0.2) is 0 Å². The van der Waals surface area contributed by atoms with E-state index in [1.165, 1.54) is 0 Å². The van der Waals surface area contributed by atoms with Crippen LogP contribution in [-0.2, 0) is 18.4 Å². The molecule has 1 amide bonds. The van der Waals surface area contributed by atoms with Crippen LogP contribution in [0.25, 0.3) is 0 Å². The molecule has 9 heteroatoms. The van der Waals surface area contributed by atoms with Crippen LogP contribution >= 0.6 is 7.82 Å². The summed E-state index contributed by atoms with van der Waals surface area (Å²) in [5, 5.41) is 13.2. The van der Waals surface area contributed by atoms with E-state index < -0.39 is 26.6 Å². The van der Waals surface area contributed by atoms with Crippen LogP contribution in [0.4, 0.5) is 0 Å². The summed E-state index contributed by atoms with van der Waals surface area (Å²) in [4.78, 5) is 24.6. The number of likely N-dealkylation sites (N-methyl/N-ethyl adjacent to an activating group) is 1. The SMILES string of the molecule is CC/C=C\C/C=C\C/C=C\C/C=C\CCC(=O)NC(COP(=O)([O-])OCC[N+](C)(C)C)C(O)/C=C/CCC. The number of aliphatic hydroxyl groups excluding tert-OH is 1. The summed E-state index contributed by atoms with van der Waals surface area (Å²) in [5.41, 5.74) is 0. The predicted molar refractivity (Wildman–Crippen MR) is 154 cm³/mol. The van der Waals surface area contributed by atoms with Crippen molar-refractivity contribution < 1.29 is 32.9 Å². The lowest BCUT2D eigenvalue weighted by Gasteiger charge is -2.29. The zero-order valence-corrected chi connectivity index (χ0v) is 25.0. The maximum atomic E-state index is 12.5. The molecule has 0 aromatic carbocycles. The number of hydrogen-bond acceptors (Lipinski definition) is 6. The van der Waals surface area contributed by atoms with Gasteiger partial charge in [-0.2, -0.15) is 0 Å². The Bertz CT molecular complexity index is 814. The van der Waals surface area contributed by atoms with Gasteiger partial charge in [-0.3, -0.25) is 9.36 Å². The minimum absolute atomic E-state index is 0.0187. The zero-order valence-electron chi connectivity index (χ0n) is 24.1. The molecular weight excluding hydrogens is 503 g/mol. The summed E-state index contributed by atoms with van der Waals surface area (Å²) in [7, 11) is 1.19. The normalized spacial score (nSPS) is 16.3. The van der Waals surface area contributed by atoms with Gasteiger partial charge in [-0.25, -0.2) is 0 Å². The van der Waals surface area contributed by atoms with Crippen LogP contribution in [0.2, 0.25) is 0 Å². The molecule has 218 valence electrons. The predicted octanol–water partition coefficient (Wildman–Crippen LogP) is 4.98. The van der Waals surface area contributed by atoms with E-state index in [0.29, 0.717) is 17.4 Å². The van der Waals surface area contributed by atoms with Gasteiger partial charge in [-0.1, -0.05) is 81.0 Å². The number of nitrogens with zero attached hydrogens (tertiary/aromatic N) is 1. The van der Waals surface area contributed by atoms with E-state index in [2.05, 4.69) is 48.7 Å². The highest BCUT2D eigenvalue weighted by Crippen LogP contribution is 2.38. The summed E-state index contributed by atoms with van der Waals surface area (Å²) in [6.45, 7) is 4.17. The standard InChI is InChI=1S/C29H51N2O6P/c1-6-8-10-11-12-13-14-15-16-17-18-19-21-23-29(33)30-27(28(32)22-20-9-7-2)26-37-38(34,35)36-25-24-31(3,4)5/h8,10,12-13,15-16,18-20,22,27-28,32H,6-7,9,11,14,17,21,23-26H2,1-5H3,(H-,30,33,34,35)/b10-8-,13-12-,16-15-,19-18-,22-20+. The van der Waals surface area contributed by atoms with Crippen molar-refractivity contribution in [1.29, 1.82) is 0 Å². The second kappa shape index (κ2) is 22.1. The van der Waals surface area contributed by atoms with Gasteiger partial charge in [0.2, 0.25) is 5.91 Å². The third kappa shape index (κ3) is 23.3. The summed E-state index contributed by atoms with van der Waals surface area (Å²) in [6.07, 6.45) is 25.1. The highest BCUT2D eigenvalue weighted by Gasteiger charge is 2.22. The van der Waals surface area contributed by atoms with Crippen LogP contribution in [0, 0.1) is 0 Å². The van der Waals surface area contributed by atoms with Gasteiger partial charge >= 0.3 is 0 Å². The molecule has 3 atom stereocenters. The summed E-state index contributed by atoms with van der Waals surface area (Å²) < 4.78 is 22.6. The molecule has 0 rings (SSSR count). The number of allylic oxidation sites excluding steroid dienone is 9. The van der Waals surface area contributed by atoms with Crippen molar-refractivity contribution in [3.8, 4) is 0 Å². The molecule has 0 heterocycles. The van der Waals surface area contributed by atoms with Crippen LogP contribution in [0.15, 0.2) is 60.8 Å². The monoisotopic (exact) mass is 554 g/mol. The molecule has 0 radical (unpaired) electrons. The van der Waals surface area contributed by atoms with Crippen LogP contribution in [-0.4, -0.2) is 68.5 Å². The van der Waals surface area contributed by atoms with E-state index in [1.807, 2.05) is 40.2 Å². The molecular formula is C29H51N2O6P. The number of unbranched alkanes of at least 4 members (excludes halogenated alkanes) is 1. The lowest BCUT2D eigenvalue weighted by molar-refractivity contribution is -0.870. The fourth-order valence-corrected chi connectivity index (χ4v) is 3.71. The number of phosphoric acid groups is 1. The minimum Gasteiger partial charge on any atom is -0.756 e. The van der Waals surface area contributed by atoms with E-state index in [1.54, 1.807) is 12.2 Å². The number of rotatable bonds is 22. The highest BCUT2D eigenvalue weighted by atomic mass is 31.2. The summed E-state index contributed by atoms with van der Waals surface area (Å²) >= 11 is 0. The molecule has 38 heavy (non-hydrogen) atoms. The van der Waals surface area contributed by atoms with Gasteiger partial charge in [0.1, 0.15) is 13.2 Å². The Morgan fingerprint density at radius 1 is 0.921 bits per heavy atom. The zero-order chi connectivity index (χ0) is 28.7. The molecule has 0 saturated carbocycles. The molecule has 8 nitrogen and oxygen atoms in total. The van der Waals surface area contributed by atoms with Gasteiger partial charge < -0.3 is 28.8 Å². The van der Waals surface area contributed by atoms with Gasteiger partial charge in [0.25, 0.3) is 7.82 Å². The molecule has 0 aliphatic heterocycles. The maximum absolute atomic E-state index is 12.5. The Balaban J connectivity index is 4.61. The Labute approximate surface area is 231 Å². The minimum atomic E-state index is -4.57. The summed E-state index contributed by atoms with van der Waals surface area (Å²) in [6, 6.07) is -0.919. The highest BCUT2D eigenvalue weighted by molar-refractivity contribution is 7.45. The third-order valence-electron chi connectivity index (χ3n) is 5.23. The Kier molecular flexibility index (Phi) is 21.0. The van der Waals surface area contributed by atoms with E-state index >= 15 is 0 Å². The van der Waals surface area contributed by atoms with Crippen molar-refractivity contribution in [2.75, 3.05) is 40.9 Å². The second-order valence-electron chi connectivity index (χ2n) is 10.0. The van der Waals surface area contributed by atoms with Crippen molar-refractivity contribution in [1.82, 2.24) is 5.32 Å². The number of hydrogen-bond donors (Lipinski definition) is 2. The number of carbonyl (C=O) groups is 1. The van der Waals surface area contributed by atoms with Crippen molar-refractivity contribution in [2.24, 2.45) is 0 Å². The van der Waals surface area contributed by atoms with Crippen LogP contribution in [0.3, 0.4) is 0 Å². The molecule has 0 aliphatic carbocycles. The number of quaternary nitrogens is 1. The van der Waals surface area contributed by atoms with Gasteiger partial charge in [0, 0.05) is 6.42 Å².